The number of hydrazine groups is 1. The van der Waals surface area contributed by atoms with Gasteiger partial charge in [0.2, 0.25) is 0 Å². The van der Waals surface area contributed by atoms with Gasteiger partial charge in [-0.1, -0.05) is 97.1 Å². The van der Waals surface area contributed by atoms with Crippen LogP contribution in [-0.4, -0.2) is 22.9 Å². The zero-order valence-corrected chi connectivity index (χ0v) is 19.9. The third-order valence-corrected chi connectivity index (χ3v) is 6.28. The minimum absolute atomic E-state index is 0.0712. The van der Waals surface area contributed by atoms with Crippen molar-refractivity contribution in [2.45, 2.75) is 13.5 Å². The molecule has 0 radical (unpaired) electrons. The molecule has 5 aromatic rings. The molecule has 0 saturated heterocycles. The fourth-order valence-electron chi connectivity index (χ4n) is 4.46. The Morgan fingerprint density at radius 2 is 1.31 bits per heavy atom. The average molecular weight is 458 g/mol. The molecule has 35 heavy (non-hydrogen) atoms. The van der Waals surface area contributed by atoms with Crippen LogP contribution in [0.5, 0.6) is 0 Å². The quantitative estimate of drug-likeness (QED) is 0.260. The smallest absolute Gasteiger partial charge is 0.273 e. The van der Waals surface area contributed by atoms with Gasteiger partial charge >= 0.3 is 0 Å². The lowest BCUT2D eigenvalue weighted by atomic mass is 9.97. The number of fused-ring (bicyclic) bond motifs is 1. The third kappa shape index (κ3) is 4.51. The van der Waals surface area contributed by atoms with Gasteiger partial charge in [-0.2, -0.15) is 0 Å². The Labute approximate surface area is 206 Å². The molecule has 4 heteroatoms. The van der Waals surface area contributed by atoms with E-state index in [2.05, 4.69) is 12.1 Å². The first-order valence-electron chi connectivity index (χ1n) is 11.7. The number of pyridine rings is 1. The molecule has 0 aliphatic carbocycles. The fraction of sp³-hybridized carbons (Fsp3) is 0.0968. The van der Waals surface area contributed by atoms with Crippen LogP contribution in [0.1, 0.15) is 21.5 Å². The van der Waals surface area contributed by atoms with E-state index in [0.717, 1.165) is 39.0 Å². The highest BCUT2D eigenvalue weighted by Crippen LogP contribution is 2.31. The van der Waals surface area contributed by atoms with Crippen molar-refractivity contribution >= 4 is 22.5 Å². The number of aromatic nitrogens is 1. The van der Waals surface area contributed by atoms with Gasteiger partial charge in [0.1, 0.15) is 0 Å². The summed E-state index contributed by atoms with van der Waals surface area (Å²) < 4.78 is 0. The summed E-state index contributed by atoms with van der Waals surface area (Å²) in [5, 5.41) is 4.61. The minimum atomic E-state index is -0.0712. The Balaban J connectivity index is 1.63. The van der Waals surface area contributed by atoms with Crippen molar-refractivity contribution < 1.29 is 4.79 Å². The molecule has 1 heterocycles. The Hall–Kier alpha value is -4.44. The Morgan fingerprint density at radius 1 is 0.743 bits per heavy atom. The van der Waals surface area contributed by atoms with Gasteiger partial charge in [-0.3, -0.25) is 14.8 Å². The molecule has 0 fully saturated rings. The zero-order valence-electron chi connectivity index (χ0n) is 19.9. The highest BCUT2D eigenvalue weighted by Gasteiger charge is 2.25. The van der Waals surface area contributed by atoms with Crippen molar-refractivity contribution in [1.29, 1.82) is 0 Å². The maximum absolute atomic E-state index is 14.2. The first kappa shape index (κ1) is 22.4. The van der Waals surface area contributed by atoms with Crippen LogP contribution in [0.3, 0.4) is 0 Å². The van der Waals surface area contributed by atoms with E-state index in [1.54, 1.807) is 5.01 Å². The standard InChI is InChI=1S/C31H27N3O/c1-23-29(27-20-12-13-21-28(27)32-30(23)25-16-8-4-9-17-25)31(35)33(2)34(26-18-10-5-11-19-26)22-24-14-6-3-7-15-24/h3-21H,22H2,1-2H3. The molecule has 0 saturated carbocycles. The van der Waals surface area contributed by atoms with Gasteiger partial charge in [-0.15, -0.1) is 0 Å². The predicted molar refractivity (Wildman–Crippen MR) is 143 cm³/mol. The summed E-state index contributed by atoms with van der Waals surface area (Å²) in [4.78, 5) is 19.2. The molecule has 5 rings (SSSR count). The second kappa shape index (κ2) is 9.82. The van der Waals surface area contributed by atoms with E-state index in [1.807, 2.05) is 122 Å². The maximum Gasteiger partial charge on any atom is 0.273 e. The molecule has 0 unspecified atom stereocenters. The zero-order chi connectivity index (χ0) is 24.2. The summed E-state index contributed by atoms with van der Waals surface area (Å²) in [5.74, 6) is -0.0712. The van der Waals surface area contributed by atoms with E-state index in [0.29, 0.717) is 12.1 Å². The molecule has 4 aromatic carbocycles. The van der Waals surface area contributed by atoms with Crippen LogP contribution < -0.4 is 5.01 Å². The van der Waals surface area contributed by atoms with Crippen molar-refractivity contribution in [1.82, 2.24) is 9.99 Å². The molecule has 0 spiro atoms. The van der Waals surface area contributed by atoms with E-state index in [9.17, 15) is 4.79 Å². The largest absolute Gasteiger partial charge is 0.279 e. The Morgan fingerprint density at radius 3 is 2.00 bits per heavy atom. The summed E-state index contributed by atoms with van der Waals surface area (Å²) in [5.41, 5.74) is 6.25. The average Bonchev–Trinajstić information content (AvgIpc) is 2.92. The lowest BCUT2D eigenvalue weighted by Crippen LogP contribution is -2.44. The Bertz CT molecular complexity index is 1450. The van der Waals surface area contributed by atoms with Crippen molar-refractivity contribution in [2.24, 2.45) is 0 Å². The Kier molecular flexibility index (Phi) is 6.27. The molecule has 0 aliphatic heterocycles. The SMILES string of the molecule is Cc1c(-c2ccccc2)nc2ccccc2c1C(=O)N(C)N(Cc1ccccc1)c1ccccc1. The van der Waals surface area contributed by atoms with Gasteiger partial charge in [0, 0.05) is 18.0 Å². The number of benzene rings is 4. The van der Waals surface area contributed by atoms with Gasteiger partial charge in [0.05, 0.1) is 29.0 Å². The number of rotatable bonds is 6. The fourth-order valence-corrected chi connectivity index (χ4v) is 4.46. The van der Waals surface area contributed by atoms with E-state index in [1.165, 1.54) is 0 Å². The summed E-state index contributed by atoms with van der Waals surface area (Å²) >= 11 is 0. The second-order valence-corrected chi connectivity index (χ2v) is 8.55. The molecule has 1 aromatic heterocycles. The second-order valence-electron chi connectivity index (χ2n) is 8.55. The highest BCUT2D eigenvalue weighted by atomic mass is 16.2. The number of carbonyl (C=O) groups excluding carboxylic acids is 1. The van der Waals surface area contributed by atoms with Gasteiger partial charge in [0.25, 0.3) is 5.91 Å². The topological polar surface area (TPSA) is 36.4 Å². The van der Waals surface area contributed by atoms with E-state index in [-0.39, 0.29) is 5.91 Å². The normalized spacial score (nSPS) is 10.8. The molecule has 0 bridgehead atoms. The maximum atomic E-state index is 14.2. The van der Waals surface area contributed by atoms with Gasteiger partial charge in [-0.25, -0.2) is 4.98 Å². The molecular formula is C31H27N3O. The van der Waals surface area contributed by atoms with Gasteiger partial charge < -0.3 is 0 Å². The van der Waals surface area contributed by atoms with E-state index in [4.69, 9.17) is 4.98 Å². The van der Waals surface area contributed by atoms with Crippen LogP contribution in [0.2, 0.25) is 0 Å². The summed E-state index contributed by atoms with van der Waals surface area (Å²) in [6.45, 7) is 2.56. The number of amides is 1. The van der Waals surface area contributed by atoms with Crippen molar-refractivity contribution in [3.8, 4) is 11.3 Å². The van der Waals surface area contributed by atoms with Crippen LogP contribution in [0.4, 0.5) is 5.69 Å². The van der Waals surface area contributed by atoms with Crippen LogP contribution >= 0.6 is 0 Å². The van der Waals surface area contributed by atoms with Crippen LogP contribution in [0.15, 0.2) is 115 Å². The molecule has 1 amide bonds. The van der Waals surface area contributed by atoms with Crippen molar-refractivity contribution in [2.75, 3.05) is 12.1 Å². The van der Waals surface area contributed by atoms with Crippen LogP contribution in [0, 0.1) is 6.92 Å². The van der Waals surface area contributed by atoms with Crippen LogP contribution in [0.25, 0.3) is 22.2 Å². The minimum Gasteiger partial charge on any atom is -0.279 e. The lowest BCUT2D eigenvalue weighted by Gasteiger charge is -2.34. The first-order chi connectivity index (χ1) is 17.1. The number of para-hydroxylation sites is 2. The third-order valence-electron chi connectivity index (χ3n) is 6.28. The van der Waals surface area contributed by atoms with E-state index >= 15 is 0 Å². The molecule has 172 valence electrons. The summed E-state index contributed by atoms with van der Waals surface area (Å²) in [6, 6.07) is 38.1. The number of nitrogens with zero attached hydrogens (tertiary/aromatic N) is 3. The number of carbonyl (C=O) groups is 1. The molecule has 0 atom stereocenters. The van der Waals surface area contributed by atoms with Crippen LogP contribution in [-0.2, 0) is 6.54 Å². The monoisotopic (exact) mass is 457 g/mol. The van der Waals surface area contributed by atoms with Crippen molar-refractivity contribution in [3.05, 3.63) is 132 Å². The highest BCUT2D eigenvalue weighted by molar-refractivity contribution is 6.09. The van der Waals surface area contributed by atoms with Gasteiger partial charge in [0.15, 0.2) is 0 Å². The number of anilines is 1. The lowest BCUT2D eigenvalue weighted by molar-refractivity contribution is 0.0776. The van der Waals surface area contributed by atoms with E-state index < -0.39 is 0 Å². The molecule has 4 nitrogen and oxygen atoms in total. The molecule has 0 N–H and O–H groups in total. The summed E-state index contributed by atoms with van der Waals surface area (Å²) in [6.07, 6.45) is 0. The van der Waals surface area contributed by atoms with Gasteiger partial charge in [-0.05, 0) is 36.2 Å². The predicted octanol–water partition coefficient (Wildman–Crippen LogP) is 6.90. The van der Waals surface area contributed by atoms with Crippen molar-refractivity contribution in [3.63, 3.8) is 0 Å². The summed E-state index contributed by atoms with van der Waals surface area (Å²) in [7, 11) is 1.84. The first-order valence-corrected chi connectivity index (χ1v) is 11.7. The molecular weight excluding hydrogens is 430 g/mol. The number of hydrogen-bond acceptors (Lipinski definition) is 3. The molecule has 0 aliphatic rings. The number of hydrogen-bond donors (Lipinski definition) is 0.